The first kappa shape index (κ1) is 83.4. The number of hydrogen-bond donors (Lipinski definition) is 0. The van der Waals surface area contributed by atoms with Crippen molar-refractivity contribution >= 4 is 6.16 Å². The van der Waals surface area contributed by atoms with Crippen molar-refractivity contribution in [1.82, 2.24) is 0 Å². The van der Waals surface area contributed by atoms with E-state index in [1.165, 1.54) is 408 Å². The van der Waals surface area contributed by atoms with Crippen molar-refractivity contribution in [3.63, 3.8) is 0 Å². The summed E-state index contributed by atoms with van der Waals surface area (Å²) in [6.07, 6.45) is 78.8. The maximum Gasteiger partial charge on any atom is 0.0861 e. The molecule has 0 N–H and O–H groups in total. The molecule has 2 atom stereocenters. The molecule has 0 heterocycles. The minimum absolute atomic E-state index is 0.862. The van der Waals surface area contributed by atoms with Gasteiger partial charge in [0.1, 0.15) is 0 Å². The number of hydrogen-bond acceptors (Lipinski definition) is 3. The van der Waals surface area contributed by atoms with Crippen LogP contribution in [0.4, 0.5) is 4.79 Å². The molecule has 0 aliphatic carbocycles. The van der Waals surface area contributed by atoms with Gasteiger partial charge in [0.25, 0.3) is 0 Å². The highest BCUT2D eigenvalue weighted by Gasteiger charge is 2.34. The molecule has 0 saturated carbocycles. The Morgan fingerprint density at radius 3 is 0.475 bits per heavy atom. The van der Waals surface area contributed by atoms with Crippen LogP contribution in [0.25, 0.3) is 0 Å². The molecule has 0 aromatic heterocycles. The van der Waals surface area contributed by atoms with E-state index in [4.69, 9.17) is 15.0 Å². The van der Waals surface area contributed by atoms with Crippen molar-refractivity contribution in [3.05, 3.63) is 0 Å². The van der Waals surface area contributed by atoms with E-state index in [1.807, 2.05) is 0 Å². The van der Waals surface area contributed by atoms with Crippen molar-refractivity contribution in [2.45, 2.75) is 441 Å². The zero-order chi connectivity index (χ0) is 59.6. The maximum atomic E-state index is 8.33. The van der Waals surface area contributed by atoms with E-state index >= 15 is 0 Å². The third kappa shape index (κ3) is 58.9. The molecule has 0 rings (SSSR count). The molecule has 5 nitrogen and oxygen atoms in total. The van der Waals surface area contributed by atoms with Gasteiger partial charge in [-0.05, 0) is 123 Å². The van der Waals surface area contributed by atoms with Crippen molar-refractivity contribution < 1.29 is 24.0 Å². The molecule has 484 valence electrons. The van der Waals surface area contributed by atoms with E-state index < -0.39 is 6.16 Å². The van der Waals surface area contributed by atoms with Gasteiger partial charge in [-0.25, -0.2) is 0 Å². The molecule has 80 heavy (non-hydrogen) atoms. The Balaban J connectivity index is -0.00000139. The quantitative estimate of drug-likeness (QED) is 0.0450. The van der Waals surface area contributed by atoms with Crippen molar-refractivity contribution in [2.24, 2.45) is 0 Å². The molecule has 0 aliphatic rings. The Labute approximate surface area is 507 Å². The summed E-state index contributed by atoms with van der Waals surface area (Å²) in [5, 5.41) is 16.7. The van der Waals surface area contributed by atoms with Crippen molar-refractivity contribution in [1.29, 1.82) is 0 Å². The van der Waals surface area contributed by atoms with Crippen LogP contribution in [-0.4, -0.2) is 66.5 Å². The average Bonchev–Trinajstić information content (AvgIpc) is 3.45. The third-order valence-corrected chi connectivity index (χ3v) is 19.1. The second-order valence-corrected chi connectivity index (χ2v) is 26.6. The molecule has 0 radical (unpaired) electrons. The molecule has 0 bridgehead atoms. The highest BCUT2D eigenvalue weighted by atomic mass is 16.6. The summed E-state index contributed by atoms with van der Waals surface area (Å²) >= 11 is 0. The number of nitrogens with zero attached hydrogens (tertiary/aromatic N) is 2. The molecule has 0 saturated heterocycles. The lowest BCUT2D eigenvalue weighted by atomic mass is 9.99. The normalized spacial score (nSPS) is 12.5. The molecular formula is C75H156N2O3. The predicted octanol–water partition coefficient (Wildman–Crippen LogP) is 23.9. The fourth-order valence-corrected chi connectivity index (χ4v) is 13.3. The second kappa shape index (κ2) is 69.0. The van der Waals surface area contributed by atoms with Gasteiger partial charge in [-0.2, -0.15) is 0 Å². The molecule has 0 aromatic rings. The Kier molecular flexibility index (Phi) is 71.9. The summed E-state index contributed by atoms with van der Waals surface area (Å²) in [6.45, 7) is 32.8. The first-order valence-electron chi connectivity index (χ1n) is 37.7. The standard InChI is InChI=1S/2C37H78N.CH2O3/c2*1-6-10-14-18-22-26-30-34-38(35-31-27-23-19-15-11-7-2,36-32-28-24-20-16-12-8-3)37(5)33-29-25-21-17-13-9-4;2-1(3)4/h2*37H,6-36H2,1-5H3;(H2,2,3,4)/q2*+1;/p-2. The van der Waals surface area contributed by atoms with Crippen LogP contribution in [0, 0.1) is 0 Å². The number of quaternary nitrogens is 2. The fourth-order valence-electron chi connectivity index (χ4n) is 13.3. The molecule has 2 unspecified atom stereocenters. The van der Waals surface area contributed by atoms with Crippen LogP contribution in [0.15, 0.2) is 0 Å². The highest BCUT2D eigenvalue weighted by Crippen LogP contribution is 2.28. The summed E-state index contributed by atoms with van der Waals surface area (Å²) < 4.78 is 2.93. The lowest BCUT2D eigenvalue weighted by Gasteiger charge is -2.45. The summed E-state index contributed by atoms with van der Waals surface area (Å²) in [6, 6.07) is 1.72. The Morgan fingerprint density at radius 2 is 0.338 bits per heavy atom. The van der Waals surface area contributed by atoms with Crippen molar-refractivity contribution in [3.8, 4) is 0 Å². The summed E-state index contributed by atoms with van der Waals surface area (Å²) in [7, 11) is 0. The molecular weight excluding hydrogens is 977 g/mol. The summed E-state index contributed by atoms with van der Waals surface area (Å²) in [4.78, 5) is 8.33. The largest absolute Gasteiger partial charge is 0.652 e. The zero-order valence-electron chi connectivity index (χ0n) is 57.6. The van der Waals surface area contributed by atoms with Gasteiger partial charge in [0.15, 0.2) is 0 Å². The van der Waals surface area contributed by atoms with E-state index in [0.29, 0.717) is 0 Å². The van der Waals surface area contributed by atoms with Crippen LogP contribution < -0.4 is 10.2 Å². The topological polar surface area (TPSA) is 63.2 Å². The highest BCUT2D eigenvalue weighted by molar-refractivity contribution is 5.47. The molecule has 0 aliphatic heterocycles. The molecule has 0 amide bonds. The average molecular weight is 1130 g/mol. The number of rotatable bonds is 64. The number of carboxylic acid groups (broad SMARTS) is 2. The van der Waals surface area contributed by atoms with Gasteiger partial charge < -0.3 is 24.0 Å². The van der Waals surface area contributed by atoms with Gasteiger partial charge in [0.05, 0.1) is 51.4 Å². The maximum absolute atomic E-state index is 8.33. The van der Waals surface area contributed by atoms with E-state index in [2.05, 4.69) is 69.2 Å². The lowest BCUT2D eigenvalue weighted by molar-refractivity contribution is -0.950. The minimum Gasteiger partial charge on any atom is -0.652 e. The lowest BCUT2D eigenvalue weighted by Crippen LogP contribution is -2.56. The fraction of sp³-hybridized carbons (Fsp3) is 0.987. The Hall–Kier alpha value is -0.810. The first-order valence-corrected chi connectivity index (χ1v) is 37.7. The van der Waals surface area contributed by atoms with Crippen LogP contribution in [0.3, 0.4) is 0 Å². The van der Waals surface area contributed by atoms with Crippen LogP contribution in [-0.2, 0) is 0 Å². The van der Waals surface area contributed by atoms with E-state index in [0.717, 1.165) is 12.1 Å². The van der Waals surface area contributed by atoms with E-state index in [9.17, 15) is 0 Å². The smallest absolute Gasteiger partial charge is 0.0861 e. The zero-order valence-corrected chi connectivity index (χ0v) is 57.6. The molecule has 0 aromatic carbocycles. The number of unbranched alkanes of at least 4 members (excludes halogenated alkanes) is 46. The van der Waals surface area contributed by atoms with Gasteiger partial charge in [-0.3, -0.25) is 0 Å². The van der Waals surface area contributed by atoms with Crippen LogP contribution in [0.1, 0.15) is 429 Å². The van der Waals surface area contributed by atoms with Gasteiger partial charge in [0.2, 0.25) is 0 Å². The Morgan fingerprint density at radius 1 is 0.225 bits per heavy atom. The predicted molar refractivity (Wildman–Crippen MR) is 358 cm³/mol. The third-order valence-electron chi connectivity index (χ3n) is 19.1. The number of carbonyl (C=O) groups is 1. The monoisotopic (exact) mass is 1130 g/mol. The van der Waals surface area contributed by atoms with Gasteiger partial charge in [-0.1, -0.05) is 312 Å². The summed E-state index contributed by atoms with van der Waals surface area (Å²) in [5.41, 5.74) is 0. The number of carbonyl (C=O) groups excluding carboxylic acids is 1. The molecule has 5 heteroatoms. The SMILES string of the molecule is CCCCCCCCC[N+](CCCCCCCCC)(CCCCCCCCC)C(C)CCCCCCCC.CCCCCCCCC[N+](CCCCCCCCC)(CCCCCCCCC)C(C)CCCCCCCC.O=C([O-])[O-]. The van der Waals surface area contributed by atoms with Crippen LogP contribution >= 0.6 is 0 Å². The van der Waals surface area contributed by atoms with Gasteiger partial charge in [-0.15, -0.1) is 0 Å². The second-order valence-electron chi connectivity index (χ2n) is 26.6. The van der Waals surface area contributed by atoms with Crippen LogP contribution in [0.5, 0.6) is 0 Å². The minimum atomic E-state index is -2.33. The first-order chi connectivity index (χ1) is 39.1. The Bertz CT molecular complexity index is 954. The van der Waals surface area contributed by atoms with Gasteiger partial charge >= 0.3 is 0 Å². The van der Waals surface area contributed by atoms with Crippen molar-refractivity contribution in [2.75, 3.05) is 39.3 Å². The summed E-state index contributed by atoms with van der Waals surface area (Å²) in [5.74, 6) is 0. The van der Waals surface area contributed by atoms with E-state index in [-0.39, 0.29) is 0 Å². The van der Waals surface area contributed by atoms with E-state index in [1.54, 1.807) is 0 Å². The molecule has 0 spiro atoms. The van der Waals surface area contributed by atoms with Gasteiger partial charge in [0, 0.05) is 0 Å². The van der Waals surface area contributed by atoms with Crippen LogP contribution in [0.2, 0.25) is 0 Å². The molecule has 0 fully saturated rings.